The summed E-state index contributed by atoms with van der Waals surface area (Å²) in [5, 5.41) is 20.6. The van der Waals surface area contributed by atoms with Crippen molar-refractivity contribution < 1.29 is 34.0 Å². The fourth-order valence-electron chi connectivity index (χ4n) is 4.15. The van der Waals surface area contributed by atoms with E-state index < -0.39 is 11.6 Å². The molecule has 1 spiro atoms. The van der Waals surface area contributed by atoms with Gasteiger partial charge in [-0.15, -0.1) is 0 Å². The molecule has 2 heterocycles. The van der Waals surface area contributed by atoms with Crippen LogP contribution in [-0.2, 0) is 10.3 Å². The van der Waals surface area contributed by atoms with E-state index in [0.29, 0.717) is 16.7 Å². The Morgan fingerprint density at radius 2 is 1.65 bits per heavy atom. The summed E-state index contributed by atoms with van der Waals surface area (Å²) in [4.78, 5) is 12.9. The van der Waals surface area contributed by atoms with Gasteiger partial charge in [0.2, 0.25) is 5.75 Å². The zero-order valence-corrected chi connectivity index (χ0v) is 17.2. The highest BCUT2D eigenvalue weighted by Crippen LogP contribution is 2.62. The van der Waals surface area contributed by atoms with Gasteiger partial charge in [-0.1, -0.05) is 41.4 Å². The maximum Gasteiger partial charge on any atom is 0.340 e. The number of carbonyl (C=O) groups is 1. The molecule has 0 amide bonds. The summed E-state index contributed by atoms with van der Waals surface area (Å²) in [5.74, 6) is -0.558. The van der Waals surface area contributed by atoms with Crippen molar-refractivity contribution in [1.29, 1.82) is 0 Å². The molecular weight excluding hydrogens is 447 g/mol. The van der Waals surface area contributed by atoms with Crippen LogP contribution in [0.4, 0.5) is 0 Å². The van der Waals surface area contributed by atoms with E-state index >= 15 is 0 Å². The molecule has 0 saturated carbocycles. The van der Waals surface area contributed by atoms with Gasteiger partial charge in [0.25, 0.3) is 0 Å². The zero-order chi connectivity index (χ0) is 21.8. The van der Waals surface area contributed by atoms with Crippen LogP contribution in [0.15, 0.2) is 48.5 Å². The predicted octanol–water partition coefficient (Wildman–Crippen LogP) is 4.82. The largest absolute Gasteiger partial charge is 0.508 e. The van der Waals surface area contributed by atoms with Crippen LogP contribution in [0.3, 0.4) is 0 Å². The molecular formula is C22H14Cl2O7. The molecule has 5 rings (SSSR count). The first-order valence-electron chi connectivity index (χ1n) is 9.13. The lowest BCUT2D eigenvalue weighted by Gasteiger charge is -2.37. The molecule has 3 aromatic carbocycles. The average Bonchev–Trinajstić information content (AvgIpc) is 3.03. The summed E-state index contributed by atoms with van der Waals surface area (Å²) in [5.41, 5.74) is 0.141. The molecule has 1 atom stereocenters. The van der Waals surface area contributed by atoms with Crippen LogP contribution in [0.25, 0.3) is 0 Å². The van der Waals surface area contributed by atoms with Crippen molar-refractivity contribution in [2.45, 2.75) is 5.60 Å². The number of alkyl halides is 2. The van der Waals surface area contributed by atoms with Crippen molar-refractivity contribution in [3.05, 3.63) is 70.8 Å². The fraction of sp³-hybridized carbons (Fsp3) is 0.136. The minimum atomic E-state index is -1.50. The highest BCUT2D eigenvalue weighted by Gasteiger charge is 2.56. The zero-order valence-electron chi connectivity index (χ0n) is 15.7. The molecule has 0 aromatic heterocycles. The number of ether oxygens (including phenoxy) is 4. The SMILES string of the molecule is O=C1OC2(c3ccc(O)cc3Oc3cc(O)c(OCCl)c(OCCl)c32)c2ccccc21. The fourth-order valence-corrected chi connectivity index (χ4v) is 4.36. The third kappa shape index (κ3) is 2.70. The number of carbonyl (C=O) groups excluding carboxylic acids is 1. The van der Waals surface area contributed by atoms with Gasteiger partial charge in [-0.25, -0.2) is 4.79 Å². The standard InChI is InChI=1S/C22H14Cl2O7/c23-9-28-19-15(26)8-17-18(20(19)29-10-24)22(14-6-5-11(25)7-16(14)30-17)13-4-2-1-3-12(13)21(27)31-22/h1-8,25-26H,9-10H2. The van der Waals surface area contributed by atoms with E-state index in [1.54, 1.807) is 30.3 Å². The average molecular weight is 461 g/mol. The van der Waals surface area contributed by atoms with Crippen molar-refractivity contribution in [3.63, 3.8) is 0 Å². The van der Waals surface area contributed by atoms with Crippen molar-refractivity contribution >= 4 is 29.2 Å². The molecule has 9 heteroatoms. The van der Waals surface area contributed by atoms with E-state index in [4.69, 9.17) is 42.1 Å². The predicted molar refractivity (Wildman–Crippen MR) is 111 cm³/mol. The van der Waals surface area contributed by atoms with Gasteiger partial charge in [0.1, 0.15) is 17.2 Å². The number of rotatable bonds is 4. The van der Waals surface area contributed by atoms with Crippen LogP contribution < -0.4 is 14.2 Å². The van der Waals surface area contributed by atoms with Gasteiger partial charge >= 0.3 is 5.97 Å². The molecule has 7 nitrogen and oxygen atoms in total. The van der Waals surface area contributed by atoms with Crippen molar-refractivity contribution in [2.75, 3.05) is 12.1 Å². The van der Waals surface area contributed by atoms with Crippen LogP contribution in [0.5, 0.6) is 34.5 Å². The van der Waals surface area contributed by atoms with E-state index in [0.717, 1.165) is 0 Å². The molecule has 0 fully saturated rings. The topological polar surface area (TPSA) is 94.5 Å². The second-order valence-corrected chi connectivity index (χ2v) is 7.27. The lowest BCUT2D eigenvalue weighted by Crippen LogP contribution is -2.33. The van der Waals surface area contributed by atoms with Gasteiger partial charge in [-0.2, -0.15) is 0 Å². The number of hydrogen-bond donors (Lipinski definition) is 2. The molecule has 2 aliphatic rings. The van der Waals surface area contributed by atoms with Gasteiger partial charge in [-0.05, 0) is 18.2 Å². The number of benzene rings is 3. The summed E-state index contributed by atoms with van der Waals surface area (Å²) >= 11 is 11.6. The van der Waals surface area contributed by atoms with Crippen LogP contribution >= 0.6 is 23.2 Å². The maximum atomic E-state index is 12.9. The lowest BCUT2D eigenvalue weighted by atomic mass is 9.77. The maximum absolute atomic E-state index is 12.9. The van der Waals surface area contributed by atoms with Crippen LogP contribution in [0.2, 0.25) is 0 Å². The Labute approximate surface area is 186 Å². The Bertz CT molecular complexity index is 1230. The normalized spacial score (nSPS) is 17.9. The van der Waals surface area contributed by atoms with E-state index in [1.165, 1.54) is 18.2 Å². The van der Waals surface area contributed by atoms with Gasteiger partial charge in [0, 0.05) is 23.3 Å². The quantitative estimate of drug-likeness (QED) is 0.425. The minimum absolute atomic E-state index is 0.0221. The summed E-state index contributed by atoms with van der Waals surface area (Å²) in [6, 6.07) is 12.1. The summed E-state index contributed by atoms with van der Waals surface area (Å²) in [7, 11) is 0. The highest BCUT2D eigenvalue weighted by molar-refractivity contribution is 6.17. The van der Waals surface area contributed by atoms with Crippen LogP contribution in [0, 0.1) is 0 Å². The van der Waals surface area contributed by atoms with E-state index in [1.807, 2.05) is 0 Å². The molecule has 0 bridgehead atoms. The van der Waals surface area contributed by atoms with E-state index in [2.05, 4.69) is 0 Å². The smallest absolute Gasteiger partial charge is 0.340 e. The number of hydrogen-bond acceptors (Lipinski definition) is 7. The molecule has 3 aromatic rings. The molecule has 0 radical (unpaired) electrons. The summed E-state index contributed by atoms with van der Waals surface area (Å²) in [6.07, 6.45) is 0. The van der Waals surface area contributed by atoms with Crippen molar-refractivity contribution in [2.24, 2.45) is 0 Å². The first kappa shape index (κ1) is 19.7. The van der Waals surface area contributed by atoms with Gasteiger partial charge in [0.05, 0.1) is 11.1 Å². The molecule has 2 aliphatic heterocycles. The Morgan fingerprint density at radius 3 is 2.42 bits per heavy atom. The molecule has 2 N–H and O–H groups in total. The Balaban J connectivity index is 1.93. The monoisotopic (exact) mass is 460 g/mol. The first-order chi connectivity index (χ1) is 15.0. The molecule has 158 valence electrons. The minimum Gasteiger partial charge on any atom is -0.508 e. The number of phenols is 2. The highest BCUT2D eigenvalue weighted by atomic mass is 35.5. The Hall–Kier alpha value is -3.29. The third-order valence-electron chi connectivity index (χ3n) is 5.27. The molecule has 0 aliphatic carbocycles. The second kappa shape index (κ2) is 7.14. The van der Waals surface area contributed by atoms with Gasteiger partial charge in [0.15, 0.2) is 29.2 Å². The first-order valence-corrected chi connectivity index (χ1v) is 10.2. The van der Waals surface area contributed by atoms with Gasteiger partial charge in [-0.3, -0.25) is 0 Å². The second-order valence-electron chi connectivity index (χ2n) is 6.83. The van der Waals surface area contributed by atoms with Crippen LogP contribution in [0.1, 0.15) is 27.0 Å². The van der Waals surface area contributed by atoms with Gasteiger partial charge < -0.3 is 29.2 Å². The lowest BCUT2D eigenvalue weighted by molar-refractivity contribution is 0.0214. The third-order valence-corrected chi connectivity index (χ3v) is 5.48. The number of halogens is 2. The van der Waals surface area contributed by atoms with Crippen molar-refractivity contribution in [1.82, 2.24) is 0 Å². The molecule has 31 heavy (non-hydrogen) atoms. The number of esters is 1. The van der Waals surface area contributed by atoms with E-state index in [9.17, 15) is 15.0 Å². The molecule has 1 unspecified atom stereocenters. The summed E-state index contributed by atoms with van der Waals surface area (Å²) in [6.45, 7) is 0. The van der Waals surface area contributed by atoms with Crippen molar-refractivity contribution in [3.8, 4) is 34.5 Å². The Morgan fingerprint density at radius 1 is 0.903 bits per heavy atom. The number of fused-ring (bicyclic) bond motifs is 6. The molecule has 0 saturated heterocycles. The Kier molecular flexibility index (Phi) is 4.53. The number of aromatic hydroxyl groups is 2. The van der Waals surface area contributed by atoms with E-state index in [-0.39, 0.29) is 52.2 Å². The summed E-state index contributed by atoms with van der Waals surface area (Å²) < 4.78 is 23.0. The van der Waals surface area contributed by atoms with Crippen LogP contribution in [-0.4, -0.2) is 28.3 Å². The number of phenolic OH excluding ortho intramolecular Hbond substituents is 2.